The van der Waals surface area contributed by atoms with E-state index < -0.39 is 5.91 Å². The Morgan fingerprint density at radius 2 is 2.10 bits per heavy atom. The highest BCUT2D eigenvalue weighted by Gasteiger charge is 2.34. The maximum atomic E-state index is 12.5. The van der Waals surface area contributed by atoms with Gasteiger partial charge in [0.25, 0.3) is 5.91 Å². The molecule has 1 aliphatic carbocycles. The van der Waals surface area contributed by atoms with Gasteiger partial charge in [-0.3, -0.25) is 9.89 Å². The number of rotatable bonds is 6. The first-order valence-electron chi connectivity index (χ1n) is 10.2. The summed E-state index contributed by atoms with van der Waals surface area (Å²) in [6.07, 6.45) is 8.73. The molecule has 1 saturated heterocycles. The summed E-state index contributed by atoms with van der Waals surface area (Å²) in [4.78, 5) is 37.1. The summed E-state index contributed by atoms with van der Waals surface area (Å²) >= 11 is 0. The molecule has 2 fully saturated rings. The van der Waals surface area contributed by atoms with E-state index in [1.807, 2.05) is 7.05 Å². The number of anilines is 3. The van der Waals surface area contributed by atoms with Gasteiger partial charge < -0.3 is 26.2 Å². The topological polar surface area (TPSA) is 145 Å². The number of carbonyl (C=O) groups excluding carboxylic acids is 2. The number of primary amides is 1. The molecule has 2 aliphatic rings. The first kappa shape index (κ1) is 19.9. The van der Waals surface area contributed by atoms with Crippen LogP contribution in [0.3, 0.4) is 0 Å². The lowest BCUT2D eigenvalue weighted by atomic mass is 9.97. The molecular formula is C19H27N9O2. The fraction of sp³-hybridized carbons (Fsp3) is 0.526. The van der Waals surface area contributed by atoms with Crippen LogP contribution in [-0.4, -0.2) is 68.7 Å². The molecule has 11 nitrogen and oxygen atoms in total. The summed E-state index contributed by atoms with van der Waals surface area (Å²) in [5.41, 5.74) is 6.16. The minimum absolute atomic E-state index is 0.00431. The Balaban J connectivity index is 1.53. The molecule has 3 amide bonds. The molecule has 3 heterocycles. The number of H-pyrrole nitrogens is 1. The maximum absolute atomic E-state index is 12.5. The average Bonchev–Trinajstić information content (AvgIpc) is 3.45. The Hall–Kier alpha value is -3.37. The third-order valence-electron chi connectivity index (χ3n) is 5.76. The number of hydrogen-bond donors (Lipinski definition) is 4. The quantitative estimate of drug-likeness (QED) is 0.557. The van der Waals surface area contributed by atoms with Crippen LogP contribution in [-0.2, 0) is 0 Å². The lowest BCUT2D eigenvalue weighted by Gasteiger charge is -2.40. The summed E-state index contributed by atoms with van der Waals surface area (Å²) in [6.45, 7) is 2.84. The first-order chi connectivity index (χ1) is 14.4. The second-order valence-corrected chi connectivity index (χ2v) is 7.88. The fourth-order valence-electron chi connectivity index (χ4n) is 3.79. The first-order valence-corrected chi connectivity index (χ1v) is 10.2. The predicted molar refractivity (Wildman–Crippen MR) is 112 cm³/mol. The molecular weight excluding hydrogens is 386 g/mol. The van der Waals surface area contributed by atoms with E-state index in [0.29, 0.717) is 17.5 Å². The van der Waals surface area contributed by atoms with E-state index in [1.165, 1.54) is 0 Å². The molecule has 30 heavy (non-hydrogen) atoms. The van der Waals surface area contributed by atoms with Gasteiger partial charge in [-0.05, 0) is 32.6 Å². The maximum Gasteiger partial charge on any atom is 0.317 e. The predicted octanol–water partition coefficient (Wildman–Crippen LogP) is 1.20. The zero-order valence-corrected chi connectivity index (χ0v) is 17.1. The van der Waals surface area contributed by atoms with E-state index in [2.05, 4.69) is 42.6 Å². The van der Waals surface area contributed by atoms with Crippen molar-refractivity contribution in [3.8, 4) is 0 Å². The summed E-state index contributed by atoms with van der Waals surface area (Å²) in [5.74, 6) is 0.223. The molecule has 0 spiro atoms. The summed E-state index contributed by atoms with van der Waals surface area (Å²) in [7, 11) is 1.85. The molecule has 0 bridgehead atoms. The van der Waals surface area contributed by atoms with Crippen molar-refractivity contribution in [1.29, 1.82) is 0 Å². The van der Waals surface area contributed by atoms with E-state index in [4.69, 9.17) is 5.73 Å². The Labute approximate surface area is 174 Å². The Kier molecular flexibility index (Phi) is 5.42. The van der Waals surface area contributed by atoms with Crippen LogP contribution in [0, 0.1) is 0 Å². The van der Waals surface area contributed by atoms with Gasteiger partial charge in [0, 0.05) is 31.9 Å². The van der Waals surface area contributed by atoms with Crippen molar-refractivity contribution in [3.63, 3.8) is 0 Å². The van der Waals surface area contributed by atoms with E-state index in [-0.39, 0.29) is 29.6 Å². The van der Waals surface area contributed by atoms with Crippen LogP contribution in [0.15, 0.2) is 18.6 Å². The smallest absolute Gasteiger partial charge is 0.317 e. The minimum atomic E-state index is -0.667. The lowest BCUT2D eigenvalue weighted by Crippen LogP contribution is -2.56. The van der Waals surface area contributed by atoms with Gasteiger partial charge >= 0.3 is 6.03 Å². The van der Waals surface area contributed by atoms with Gasteiger partial charge in [0.05, 0.1) is 24.1 Å². The second kappa shape index (κ2) is 8.17. The monoisotopic (exact) mass is 413 g/mol. The lowest BCUT2D eigenvalue weighted by molar-refractivity contribution is 0.0996. The van der Waals surface area contributed by atoms with Crippen LogP contribution in [0.2, 0.25) is 0 Å². The van der Waals surface area contributed by atoms with Crippen molar-refractivity contribution >= 4 is 29.3 Å². The zero-order chi connectivity index (χ0) is 21.3. The van der Waals surface area contributed by atoms with Gasteiger partial charge in [0.1, 0.15) is 5.82 Å². The highest BCUT2D eigenvalue weighted by molar-refractivity contribution is 5.96. The number of urea groups is 1. The SMILES string of the molecule is C[C@@H]1[C@H](NC(=O)N(C)C2CC2)CCCN1c1cnc(C(N)=O)c(Nc2cn[nH]c2)n1. The minimum Gasteiger partial charge on any atom is -0.364 e. The third-order valence-corrected chi connectivity index (χ3v) is 5.76. The number of piperidine rings is 1. The molecule has 0 aromatic carbocycles. The van der Waals surface area contributed by atoms with Crippen molar-refractivity contribution in [3.05, 3.63) is 24.3 Å². The Bertz CT molecular complexity index is 913. The van der Waals surface area contributed by atoms with Crippen LogP contribution >= 0.6 is 0 Å². The number of aromatic amines is 1. The molecule has 2 atom stereocenters. The summed E-state index contributed by atoms with van der Waals surface area (Å²) < 4.78 is 0. The summed E-state index contributed by atoms with van der Waals surface area (Å²) in [5, 5.41) is 12.8. The number of nitrogens with zero attached hydrogens (tertiary/aromatic N) is 5. The van der Waals surface area contributed by atoms with Crippen LogP contribution in [0.5, 0.6) is 0 Å². The van der Waals surface area contributed by atoms with E-state index in [1.54, 1.807) is 23.5 Å². The number of aromatic nitrogens is 4. The molecule has 1 saturated carbocycles. The van der Waals surface area contributed by atoms with Gasteiger partial charge in [-0.25, -0.2) is 14.8 Å². The highest BCUT2D eigenvalue weighted by atomic mass is 16.2. The van der Waals surface area contributed by atoms with Crippen molar-refractivity contribution in [2.75, 3.05) is 23.8 Å². The van der Waals surface area contributed by atoms with Crippen molar-refractivity contribution in [2.45, 2.75) is 50.7 Å². The van der Waals surface area contributed by atoms with E-state index in [9.17, 15) is 9.59 Å². The van der Waals surface area contributed by atoms with Gasteiger partial charge in [-0.2, -0.15) is 5.10 Å². The van der Waals surface area contributed by atoms with Crippen LogP contribution in [0.25, 0.3) is 0 Å². The largest absolute Gasteiger partial charge is 0.364 e. The molecule has 2 aromatic heterocycles. The van der Waals surface area contributed by atoms with Crippen LogP contribution < -0.4 is 21.3 Å². The number of amides is 3. The van der Waals surface area contributed by atoms with Gasteiger partial charge in [-0.1, -0.05) is 0 Å². The fourth-order valence-corrected chi connectivity index (χ4v) is 3.79. The molecule has 0 unspecified atom stereocenters. The van der Waals surface area contributed by atoms with Gasteiger partial charge in [-0.15, -0.1) is 0 Å². The average molecular weight is 413 g/mol. The molecule has 1 aliphatic heterocycles. The highest BCUT2D eigenvalue weighted by Crippen LogP contribution is 2.28. The molecule has 4 rings (SSSR count). The summed E-state index contributed by atoms with van der Waals surface area (Å²) in [6, 6.07) is 0.346. The zero-order valence-electron chi connectivity index (χ0n) is 17.1. The van der Waals surface area contributed by atoms with Crippen molar-refractivity contribution < 1.29 is 9.59 Å². The molecule has 11 heteroatoms. The van der Waals surface area contributed by atoms with Crippen molar-refractivity contribution in [2.24, 2.45) is 5.73 Å². The molecule has 5 N–H and O–H groups in total. The van der Waals surface area contributed by atoms with E-state index >= 15 is 0 Å². The van der Waals surface area contributed by atoms with Gasteiger partial charge in [0.2, 0.25) is 0 Å². The number of carbonyl (C=O) groups is 2. The van der Waals surface area contributed by atoms with Gasteiger partial charge in [0.15, 0.2) is 11.5 Å². The van der Waals surface area contributed by atoms with Crippen LogP contribution in [0.4, 0.5) is 22.1 Å². The molecule has 2 aromatic rings. The number of hydrogen-bond acceptors (Lipinski definition) is 7. The van der Waals surface area contributed by atoms with Crippen LogP contribution in [0.1, 0.15) is 43.1 Å². The normalized spacial score (nSPS) is 21.2. The molecule has 160 valence electrons. The number of nitrogens with one attached hydrogen (secondary N) is 3. The standard InChI is InChI=1S/C19H27N9O2/c1-11-14(25-19(30)27(2)13-5-6-13)4-3-7-28(11)15-10-21-16(17(20)29)18(26-15)24-12-8-22-23-9-12/h8-11,13-14H,3-7H2,1-2H3,(H2,20,29)(H,22,23)(H,24,26)(H,25,30)/t11-,14-/m1/s1. The third kappa shape index (κ3) is 4.14. The Morgan fingerprint density at radius 1 is 1.30 bits per heavy atom. The van der Waals surface area contributed by atoms with E-state index in [0.717, 1.165) is 32.2 Å². The van der Waals surface area contributed by atoms with Crippen molar-refractivity contribution in [1.82, 2.24) is 30.4 Å². The number of nitrogens with two attached hydrogens (primary N) is 1. The second-order valence-electron chi connectivity index (χ2n) is 7.88. The Morgan fingerprint density at radius 3 is 2.77 bits per heavy atom. The molecule has 0 radical (unpaired) electrons.